The van der Waals surface area contributed by atoms with E-state index in [-0.39, 0.29) is 25.3 Å². The molecule has 0 unspecified atom stereocenters. The second-order valence-electron chi connectivity index (χ2n) is 1.78. The van der Waals surface area contributed by atoms with Crippen molar-refractivity contribution in [3.8, 4) is 0 Å². The zero-order valence-electron chi connectivity index (χ0n) is 5.67. The van der Waals surface area contributed by atoms with E-state index in [1.54, 1.807) is 0 Å². The van der Waals surface area contributed by atoms with E-state index >= 15 is 0 Å². The van der Waals surface area contributed by atoms with Crippen LogP contribution in [0.3, 0.4) is 0 Å². The van der Waals surface area contributed by atoms with Gasteiger partial charge in [-0.25, -0.2) is 0 Å². The molecule has 0 aliphatic heterocycles. The number of benzene rings is 1. The molecule has 3 heteroatoms. The van der Waals surface area contributed by atoms with Gasteiger partial charge in [0.1, 0.15) is 5.84 Å². The van der Waals surface area contributed by atoms with E-state index in [0.717, 1.165) is 5.56 Å². The average molecular weight is 186 g/mol. The number of nitrogen functional groups attached to an aromatic ring is 1. The van der Waals surface area contributed by atoms with Gasteiger partial charge in [0.2, 0.25) is 0 Å². The minimum Gasteiger partial charge on any atom is -0.384 e. The Balaban J connectivity index is 0.000000810. The molecule has 0 aliphatic rings. The van der Waals surface area contributed by atoms with Gasteiger partial charge in [0.05, 0.1) is 0 Å². The van der Waals surface area contributed by atoms with Crippen LogP contribution in [0.1, 0.15) is 5.56 Å². The molecule has 2 nitrogen and oxygen atoms in total. The van der Waals surface area contributed by atoms with E-state index in [0.29, 0.717) is 0 Å². The Kier molecular flexibility index (Phi) is 3.89. The molecule has 0 amide bonds. The van der Waals surface area contributed by atoms with Gasteiger partial charge in [-0.1, -0.05) is 30.3 Å². The summed E-state index contributed by atoms with van der Waals surface area (Å²) in [7, 11) is 0. The number of hydrogen-bond donors (Lipinski definition) is 2. The minimum atomic E-state index is 0. The summed E-state index contributed by atoms with van der Waals surface area (Å²) in [4.78, 5) is 0. The fourth-order valence-corrected chi connectivity index (χ4v) is 0.618. The van der Waals surface area contributed by atoms with Gasteiger partial charge in [-0.3, -0.25) is 5.41 Å². The van der Waals surface area contributed by atoms with E-state index in [1.165, 1.54) is 0 Å². The number of nitrogens with two attached hydrogens (primary N) is 1. The molecule has 1 aromatic rings. The molecule has 0 atom stereocenters. The van der Waals surface area contributed by atoms with Crippen LogP contribution in [0.5, 0.6) is 0 Å². The predicted molar refractivity (Wildman–Crippen MR) is 37.5 cm³/mol. The minimum absolute atomic E-state index is 0. The molecule has 0 fully saturated rings. The summed E-state index contributed by atoms with van der Waals surface area (Å²) in [5, 5.41) is 7.01. The van der Waals surface area contributed by atoms with Gasteiger partial charge in [-0.15, -0.1) is 0 Å². The molecule has 0 saturated carbocycles. The van der Waals surface area contributed by atoms with Gasteiger partial charge in [0, 0.05) is 25.0 Å². The van der Waals surface area contributed by atoms with Gasteiger partial charge >= 0.3 is 0 Å². The Morgan fingerprint density at radius 2 is 1.70 bits per heavy atom. The Morgan fingerprint density at radius 3 is 2.00 bits per heavy atom. The summed E-state index contributed by atoms with van der Waals surface area (Å²) in [5.41, 5.74) is 5.97. The second-order valence-corrected chi connectivity index (χ2v) is 1.78. The van der Waals surface area contributed by atoms with E-state index in [1.807, 2.05) is 30.3 Å². The van der Waals surface area contributed by atoms with E-state index in [2.05, 4.69) is 0 Å². The maximum Gasteiger partial charge on any atom is 0.122 e. The zero-order valence-corrected chi connectivity index (χ0v) is 8.64. The molecule has 0 saturated heterocycles. The molecule has 3 N–H and O–H groups in total. The van der Waals surface area contributed by atoms with Gasteiger partial charge in [0.25, 0.3) is 0 Å². The van der Waals surface area contributed by atoms with Crippen LogP contribution in [-0.2, 0) is 19.5 Å². The molecule has 1 aromatic carbocycles. The summed E-state index contributed by atoms with van der Waals surface area (Å²) in [6.07, 6.45) is 0. The number of amidine groups is 1. The fraction of sp³-hybridized carbons (Fsp3) is 0. The summed E-state index contributed by atoms with van der Waals surface area (Å²) in [5.74, 6) is 0.121. The van der Waals surface area contributed by atoms with Crippen LogP contribution in [0.2, 0.25) is 0 Å². The standard InChI is InChI=1S/C7H8N2.Zn/c8-7(9)6-4-2-1-3-5-6;/h1-5H,(H3,8,9);. The number of nitrogens with one attached hydrogen (secondary N) is 1. The normalized spacial score (nSPS) is 8.00. The predicted octanol–water partition coefficient (Wildman–Crippen LogP) is 0.968. The third-order valence-corrected chi connectivity index (χ3v) is 1.08. The summed E-state index contributed by atoms with van der Waals surface area (Å²) < 4.78 is 0. The third-order valence-electron chi connectivity index (χ3n) is 1.08. The molecule has 48 valence electrons. The van der Waals surface area contributed by atoms with Gasteiger partial charge in [0.15, 0.2) is 0 Å². The topological polar surface area (TPSA) is 49.9 Å². The van der Waals surface area contributed by atoms with Crippen molar-refractivity contribution in [1.82, 2.24) is 0 Å². The third kappa shape index (κ3) is 2.28. The molecule has 0 bridgehead atoms. The van der Waals surface area contributed by atoms with Crippen molar-refractivity contribution >= 4 is 5.84 Å². The van der Waals surface area contributed by atoms with E-state index in [4.69, 9.17) is 11.1 Å². The van der Waals surface area contributed by atoms with Crippen LogP contribution in [0.25, 0.3) is 0 Å². The SMILES string of the molecule is N=C(N)c1ccccc1.[Zn]. The van der Waals surface area contributed by atoms with E-state index in [9.17, 15) is 0 Å². The molecular weight excluding hydrogens is 177 g/mol. The molecule has 0 radical (unpaired) electrons. The molecule has 1 rings (SSSR count). The van der Waals surface area contributed by atoms with Crippen LogP contribution in [-0.4, -0.2) is 5.84 Å². The van der Waals surface area contributed by atoms with Crippen LogP contribution >= 0.6 is 0 Å². The second kappa shape index (κ2) is 4.18. The number of hydrogen-bond acceptors (Lipinski definition) is 1. The van der Waals surface area contributed by atoms with Gasteiger partial charge in [-0.05, 0) is 0 Å². The first kappa shape index (κ1) is 9.31. The Morgan fingerprint density at radius 1 is 1.20 bits per heavy atom. The summed E-state index contributed by atoms with van der Waals surface area (Å²) in [6, 6.07) is 9.23. The maximum atomic E-state index is 7.01. The van der Waals surface area contributed by atoms with Crippen LogP contribution < -0.4 is 5.73 Å². The van der Waals surface area contributed by atoms with Crippen molar-refractivity contribution in [3.63, 3.8) is 0 Å². The van der Waals surface area contributed by atoms with E-state index < -0.39 is 0 Å². The van der Waals surface area contributed by atoms with Crippen molar-refractivity contribution in [3.05, 3.63) is 35.9 Å². The quantitative estimate of drug-likeness (QED) is 0.382. The van der Waals surface area contributed by atoms with Gasteiger partial charge < -0.3 is 5.73 Å². The molecule has 0 aliphatic carbocycles. The first-order valence-electron chi connectivity index (χ1n) is 2.70. The molecular formula is C7H8N2Zn. The molecule has 0 heterocycles. The van der Waals surface area contributed by atoms with Crippen LogP contribution in [0.15, 0.2) is 30.3 Å². The average Bonchev–Trinajstić information content (AvgIpc) is 1.90. The van der Waals surface area contributed by atoms with Gasteiger partial charge in [-0.2, -0.15) is 0 Å². The maximum absolute atomic E-state index is 7.01. The number of rotatable bonds is 1. The Bertz CT molecular complexity index is 208. The molecule has 10 heavy (non-hydrogen) atoms. The fourth-order valence-electron chi connectivity index (χ4n) is 0.618. The molecule has 0 aromatic heterocycles. The molecule has 0 spiro atoms. The monoisotopic (exact) mass is 184 g/mol. The Hall–Kier alpha value is -0.687. The largest absolute Gasteiger partial charge is 0.384 e. The van der Waals surface area contributed by atoms with Crippen molar-refractivity contribution in [2.24, 2.45) is 5.73 Å². The van der Waals surface area contributed by atoms with Crippen molar-refractivity contribution in [2.75, 3.05) is 0 Å². The Labute approximate surface area is 72.7 Å². The smallest absolute Gasteiger partial charge is 0.122 e. The van der Waals surface area contributed by atoms with Crippen molar-refractivity contribution in [1.29, 1.82) is 5.41 Å². The first-order chi connectivity index (χ1) is 4.30. The summed E-state index contributed by atoms with van der Waals surface area (Å²) >= 11 is 0. The first-order valence-corrected chi connectivity index (χ1v) is 2.70. The summed E-state index contributed by atoms with van der Waals surface area (Å²) in [6.45, 7) is 0. The van der Waals surface area contributed by atoms with Crippen molar-refractivity contribution in [2.45, 2.75) is 0 Å². The van der Waals surface area contributed by atoms with Crippen LogP contribution in [0, 0.1) is 5.41 Å². The van der Waals surface area contributed by atoms with Crippen LogP contribution in [0.4, 0.5) is 0 Å². The van der Waals surface area contributed by atoms with Crippen molar-refractivity contribution < 1.29 is 19.5 Å². The zero-order chi connectivity index (χ0) is 6.69.